The van der Waals surface area contributed by atoms with Crippen molar-refractivity contribution >= 4 is 27.6 Å². The fraction of sp³-hybridized carbons (Fsp3) is 0.500. The van der Waals surface area contributed by atoms with E-state index in [1.54, 1.807) is 22.9 Å². The molecule has 1 aromatic rings. The van der Waals surface area contributed by atoms with Crippen molar-refractivity contribution in [2.24, 2.45) is 0 Å². The molecule has 0 amide bonds. The molecule has 0 saturated carbocycles. The smallest absolute Gasteiger partial charge is 0.338 e. The Kier molecular flexibility index (Phi) is 6.07. The number of rotatable bonds is 4. The van der Waals surface area contributed by atoms with Crippen molar-refractivity contribution < 1.29 is 14.3 Å². The molecule has 1 aromatic carbocycles. The Hall–Kier alpha value is -0.650. The van der Waals surface area contributed by atoms with Gasteiger partial charge in [-0.2, -0.15) is 0 Å². The van der Waals surface area contributed by atoms with E-state index < -0.39 is 0 Å². The molecule has 2 atom stereocenters. The first kappa shape index (κ1) is 14.8. The highest BCUT2D eigenvalue weighted by Crippen LogP contribution is 2.31. The van der Waals surface area contributed by atoms with Gasteiger partial charge in [-0.15, -0.1) is 0 Å². The Labute approximate surface area is 121 Å². The van der Waals surface area contributed by atoms with Gasteiger partial charge in [0.2, 0.25) is 0 Å². The zero-order valence-corrected chi connectivity index (χ0v) is 12.5. The monoisotopic (exact) mass is 298 g/mol. The van der Waals surface area contributed by atoms with Crippen molar-refractivity contribution in [3.63, 3.8) is 0 Å². The van der Waals surface area contributed by atoms with Gasteiger partial charge in [-0.3, -0.25) is 0 Å². The minimum Gasteiger partial charge on any atom is -0.456 e. The van der Waals surface area contributed by atoms with Crippen LogP contribution in [0.5, 0.6) is 0 Å². The predicted octanol–water partition coefficient (Wildman–Crippen LogP) is 3.40. The summed E-state index contributed by atoms with van der Waals surface area (Å²) in [6, 6.07) is 9.12. The maximum Gasteiger partial charge on any atom is 0.338 e. The molecule has 2 rings (SSSR count). The second-order valence-corrected chi connectivity index (χ2v) is 6.83. The third-order valence-electron chi connectivity index (χ3n) is 2.86. The van der Waals surface area contributed by atoms with Crippen molar-refractivity contribution in [1.29, 1.82) is 0 Å². The van der Waals surface area contributed by atoms with Gasteiger partial charge < -0.3 is 9.47 Å². The van der Waals surface area contributed by atoms with E-state index in [2.05, 4.69) is 0 Å². The topological polar surface area (TPSA) is 35.5 Å². The largest absolute Gasteiger partial charge is 0.456 e. The van der Waals surface area contributed by atoms with E-state index in [1.807, 2.05) is 35.9 Å². The summed E-state index contributed by atoms with van der Waals surface area (Å²) in [6.07, 6.45) is 0.703. The van der Waals surface area contributed by atoms with Crippen molar-refractivity contribution in [2.45, 2.75) is 25.6 Å². The quantitative estimate of drug-likeness (QED) is 0.629. The molecule has 0 spiro atoms. The van der Waals surface area contributed by atoms with Crippen LogP contribution >= 0.6 is 21.6 Å². The molecule has 0 aromatic heterocycles. The van der Waals surface area contributed by atoms with Crippen LogP contribution in [0, 0.1) is 0 Å². The highest BCUT2D eigenvalue weighted by Gasteiger charge is 2.28. The first-order valence-electron chi connectivity index (χ1n) is 6.43. The minimum absolute atomic E-state index is 0.00216. The van der Waals surface area contributed by atoms with E-state index in [1.165, 1.54) is 0 Å². The van der Waals surface area contributed by atoms with Gasteiger partial charge in [0.1, 0.15) is 12.2 Å². The fourth-order valence-electron chi connectivity index (χ4n) is 1.92. The van der Waals surface area contributed by atoms with E-state index in [-0.39, 0.29) is 18.2 Å². The molecule has 2 unspecified atom stereocenters. The predicted molar refractivity (Wildman–Crippen MR) is 80.6 cm³/mol. The fourth-order valence-corrected chi connectivity index (χ4v) is 4.24. The Morgan fingerprint density at radius 3 is 2.79 bits per heavy atom. The summed E-state index contributed by atoms with van der Waals surface area (Å²) in [5, 5.41) is 0. The van der Waals surface area contributed by atoms with Gasteiger partial charge in [0.15, 0.2) is 0 Å². The van der Waals surface area contributed by atoms with Crippen molar-refractivity contribution in [3.8, 4) is 0 Å². The normalized spacial score (nSPS) is 23.6. The van der Waals surface area contributed by atoms with Crippen LogP contribution in [-0.4, -0.2) is 36.3 Å². The first-order valence-corrected chi connectivity index (χ1v) is 8.92. The maximum atomic E-state index is 12.1. The number of hydrogen-bond donors (Lipinski definition) is 0. The summed E-state index contributed by atoms with van der Waals surface area (Å²) in [5.41, 5.74) is 0.599. The lowest BCUT2D eigenvalue weighted by atomic mass is 10.1. The first-order chi connectivity index (χ1) is 9.31. The van der Waals surface area contributed by atoms with E-state index in [0.29, 0.717) is 12.2 Å². The number of esters is 1. The molecule has 1 fully saturated rings. The molecule has 1 aliphatic rings. The minimum atomic E-state index is -0.257. The van der Waals surface area contributed by atoms with Crippen LogP contribution in [0.25, 0.3) is 0 Å². The van der Waals surface area contributed by atoms with Gasteiger partial charge >= 0.3 is 5.97 Å². The van der Waals surface area contributed by atoms with Gasteiger partial charge in [0, 0.05) is 18.1 Å². The molecule has 0 N–H and O–H groups in total. The van der Waals surface area contributed by atoms with Crippen LogP contribution in [0.4, 0.5) is 0 Å². The maximum absolute atomic E-state index is 12.1. The average Bonchev–Trinajstić information content (AvgIpc) is 2.66. The summed E-state index contributed by atoms with van der Waals surface area (Å²) >= 11 is 0. The summed E-state index contributed by atoms with van der Waals surface area (Å²) < 4.78 is 11.3. The van der Waals surface area contributed by atoms with E-state index in [9.17, 15) is 4.79 Å². The molecule has 5 heteroatoms. The van der Waals surface area contributed by atoms with Crippen LogP contribution in [0.2, 0.25) is 0 Å². The average molecular weight is 298 g/mol. The Balaban J connectivity index is 2.00. The van der Waals surface area contributed by atoms with E-state index in [4.69, 9.17) is 9.47 Å². The molecular formula is C14H18O3S2. The zero-order chi connectivity index (χ0) is 13.5. The Morgan fingerprint density at radius 2 is 2.05 bits per heavy atom. The van der Waals surface area contributed by atoms with Gasteiger partial charge in [-0.25, -0.2) is 4.79 Å². The molecule has 1 heterocycles. The third-order valence-corrected chi connectivity index (χ3v) is 5.31. The second kappa shape index (κ2) is 7.82. The summed E-state index contributed by atoms with van der Waals surface area (Å²) in [4.78, 5) is 12.1. The SMILES string of the molecule is CCOC1CSSCCC1OC(=O)c1ccccc1. The van der Waals surface area contributed by atoms with Gasteiger partial charge in [0.05, 0.1) is 5.56 Å². The third kappa shape index (κ3) is 4.44. The lowest BCUT2D eigenvalue weighted by Gasteiger charge is -2.24. The lowest BCUT2D eigenvalue weighted by Crippen LogP contribution is -2.35. The molecular weight excluding hydrogens is 280 g/mol. The zero-order valence-electron chi connectivity index (χ0n) is 10.9. The molecule has 1 aliphatic heterocycles. The lowest BCUT2D eigenvalue weighted by molar-refractivity contribution is -0.0397. The van der Waals surface area contributed by atoms with Crippen molar-refractivity contribution in [1.82, 2.24) is 0 Å². The van der Waals surface area contributed by atoms with E-state index in [0.717, 1.165) is 17.9 Å². The molecule has 19 heavy (non-hydrogen) atoms. The number of carbonyl (C=O) groups is 1. The van der Waals surface area contributed by atoms with Crippen LogP contribution in [0.1, 0.15) is 23.7 Å². The van der Waals surface area contributed by atoms with Crippen LogP contribution in [0.15, 0.2) is 30.3 Å². The van der Waals surface area contributed by atoms with Crippen LogP contribution in [-0.2, 0) is 9.47 Å². The molecule has 104 valence electrons. The number of hydrogen-bond acceptors (Lipinski definition) is 5. The number of ether oxygens (including phenoxy) is 2. The van der Waals surface area contributed by atoms with E-state index >= 15 is 0 Å². The second-order valence-electron chi connectivity index (χ2n) is 4.20. The molecule has 0 radical (unpaired) electrons. The molecule has 0 bridgehead atoms. The highest BCUT2D eigenvalue weighted by atomic mass is 33.1. The Morgan fingerprint density at radius 1 is 1.26 bits per heavy atom. The number of benzene rings is 1. The molecule has 3 nitrogen and oxygen atoms in total. The molecule has 1 saturated heterocycles. The van der Waals surface area contributed by atoms with Gasteiger partial charge in [-0.05, 0) is 25.5 Å². The van der Waals surface area contributed by atoms with Gasteiger partial charge in [-0.1, -0.05) is 39.8 Å². The summed E-state index contributed by atoms with van der Waals surface area (Å²) in [6.45, 7) is 2.62. The van der Waals surface area contributed by atoms with Gasteiger partial charge in [0.25, 0.3) is 0 Å². The summed E-state index contributed by atoms with van der Waals surface area (Å²) in [7, 11) is 3.61. The molecule has 0 aliphatic carbocycles. The van der Waals surface area contributed by atoms with Crippen molar-refractivity contribution in [2.75, 3.05) is 18.1 Å². The summed E-state index contributed by atoms with van der Waals surface area (Å²) in [5.74, 6) is 1.60. The van der Waals surface area contributed by atoms with Crippen LogP contribution < -0.4 is 0 Å². The standard InChI is InChI=1S/C14H18O3S2/c1-2-16-13-10-19-18-9-8-12(13)17-14(15)11-6-4-3-5-7-11/h3-7,12-13H,2,8-10H2,1H3. The van der Waals surface area contributed by atoms with Crippen LogP contribution in [0.3, 0.4) is 0 Å². The van der Waals surface area contributed by atoms with Crippen molar-refractivity contribution in [3.05, 3.63) is 35.9 Å². The highest BCUT2D eigenvalue weighted by molar-refractivity contribution is 8.76. The Bertz CT molecular complexity index is 397. The number of carbonyl (C=O) groups excluding carboxylic acids is 1.